The number of carbonyl (C=O) groups is 2. The molecule has 1 N–H and O–H groups in total. The van der Waals surface area contributed by atoms with Crippen molar-refractivity contribution in [2.75, 3.05) is 6.54 Å². The SMILES string of the molecule is CC1=CC=C(C(=O)O)C(=O)N(Cc2ccc(F)c(F)c2)C1. The molecule has 2 rings (SSSR count). The highest BCUT2D eigenvalue weighted by Gasteiger charge is 2.25. The highest BCUT2D eigenvalue weighted by Crippen LogP contribution is 2.17. The molecule has 0 saturated carbocycles. The Balaban J connectivity index is 2.27. The zero-order valence-electron chi connectivity index (χ0n) is 11.3. The number of benzene rings is 1. The molecule has 1 aromatic carbocycles. The standard InChI is InChI=1S/C15H13F2NO3/c1-9-2-4-11(15(20)21)14(19)18(7-9)8-10-3-5-12(16)13(17)6-10/h2-6H,7-8H2,1H3,(H,20,21). The van der Waals surface area contributed by atoms with Crippen molar-refractivity contribution in [2.24, 2.45) is 0 Å². The first-order valence-corrected chi connectivity index (χ1v) is 6.22. The number of allylic oxidation sites excluding steroid dienone is 2. The van der Waals surface area contributed by atoms with E-state index in [1.807, 2.05) is 0 Å². The van der Waals surface area contributed by atoms with Gasteiger partial charge in [-0.25, -0.2) is 13.6 Å². The number of carboxylic acid groups (broad SMARTS) is 1. The third-order valence-corrected chi connectivity index (χ3v) is 3.08. The summed E-state index contributed by atoms with van der Waals surface area (Å²) in [5, 5.41) is 9.03. The second kappa shape index (κ2) is 5.87. The lowest BCUT2D eigenvalue weighted by Gasteiger charge is -2.22. The Kier molecular flexibility index (Phi) is 4.16. The number of aliphatic carboxylic acids is 1. The van der Waals surface area contributed by atoms with Crippen molar-refractivity contribution in [1.29, 1.82) is 0 Å². The summed E-state index contributed by atoms with van der Waals surface area (Å²) >= 11 is 0. The van der Waals surface area contributed by atoms with Gasteiger partial charge >= 0.3 is 5.97 Å². The van der Waals surface area contributed by atoms with Gasteiger partial charge in [-0.15, -0.1) is 0 Å². The monoisotopic (exact) mass is 293 g/mol. The second-order valence-corrected chi connectivity index (χ2v) is 4.81. The van der Waals surface area contributed by atoms with Crippen molar-refractivity contribution in [2.45, 2.75) is 13.5 Å². The molecule has 21 heavy (non-hydrogen) atoms. The topological polar surface area (TPSA) is 57.6 Å². The van der Waals surface area contributed by atoms with E-state index in [1.54, 1.807) is 13.0 Å². The van der Waals surface area contributed by atoms with Crippen LogP contribution in [-0.4, -0.2) is 28.4 Å². The highest BCUT2D eigenvalue weighted by molar-refractivity contribution is 6.16. The molecule has 0 aliphatic carbocycles. The fourth-order valence-corrected chi connectivity index (χ4v) is 2.04. The maximum atomic E-state index is 13.2. The maximum absolute atomic E-state index is 13.2. The molecule has 0 atom stereocenters. The van der Waals surface area contributed by atoms with Crippen molar-refractivity contribution < 1.29 is 23.5 Å². The van der Waals surface area contributed by atoms with E-state index in [9.17, 15) is 18.4 Å². The summed E-state index contributed by atoms with van der Waals surface area (Å²) in [7, 11) is 0. The lowest BCUT2D eigenvalue weighted by molar-refractivity contribution is -0.137. The Morgan fingerprint density at radius 2 is 2.00 bits per heavy atom. The van der Waals surface area contributed by atoms with E-state index in [-0.39, 0.29) is 18.7 Å². The van der Waals surface area contributed by atoms with Crippen LogP contribution < -0.4 is 0 Å². The molecular formula is C15H13F2NO3. The Hall–Kier alpha value is -2.50. The van der Waals surface area contributed by atoms with E-state index in [0.29, 0.717) is 5.56 Å². The van der Waals surface area contributed by atoms with Crippen LogP contribution in [0, 0.1) is 11.6 Å². The van der Waals surface area contributed by atoms with Crippen LogP contribution in [-0.2, 0) is 16.1 Å². The van der Waals surface area contributed by atoms with Crippen LogP contribution in [0.3, 0.4) is 0 Å². The number of rotatable bonds is 3. The van der Waals surface area contributed by atoms with Crippen LogP contribution in [0.4, 0.5) is 8.78 Å². The van der Waals surface area contributed by atoms with Gasteiger partial charge in [-0.2, -0.15) is 0 Å². The molecule has 4 nitrogen and oxygen atoms in total. The third kappa shape index (κ3) is 3.34. The van der Waals surface area contributed by atoms with Gasteiger partial charge in [0.05, 0.1) is 0 Å². The lowest BCUT2D eigenvalue weighted by atomic mass is 10.1. The number of carbonyl (C=O) groups excluding carboxylic acids is 1. The highest BCUT2D eigenvalue weighted by atomic mass is 19.2. The van der Waals surface area contributed by atoms with Crippen molar-refractivity contribution in [1.82, 2.24) is 4.90 Å². The number of halogens is 2. The molecule has 1 heterocycles. The van der Waals surface area contributed by atoms with E-state index in [0.717, 1.165) is 17.7 Å². The van der Waals surface area contributed by atoms with E-state index in [2.05, 4.69) is 0 Å². The van der Waals surface area contributed by atoms with Gasteiger partial charge in [0.25, 0.3) is 5.91 Å². The molecule has 1 aromatic rings. The zero-order valence-corrected chi connectivity index (χ0v) is 11.3. The average Bonchev–Trinajstić information content (AvgIpc) is 2.54. The molecule has 0 radical (unpaired) electrons. The lowest BCUT2D eigenvalue weighted by Crippen LogP contribution is -2.34. The number of hydrogen-bond acceptors (Lipinski definition) is 2. The summed E-state index contributed by atoms with van der Waals surface area (Å²) in [6.07, 6.45) is 2.82. The summed E-state index contributed by atoms with van der Waals surface area (Å²) in [4.78, 5) is 24.5. The van der Waals surface area contributed by atoms with E-state index < -0.39 is 23.5 Å². The molecule has 0 saturated heterocycles. The minimum atomic E-state index is -1.32. The van der Waals surface area contributed by atoms with Crippen LogP contribution in [0.1, 0.15) is 12.5 Å². The molecule has 6 heteroatoms. The number of nitrogens with zero attached hydrogens (tertiary/aromatic N) is 1. The zero-order chi connectivity index (χ0) is 15.6. The molecule has 110 valence electrons. The van der Waals surface area contributed by atoms with Gasteiger partial charge in [-0.1, -0.05) is 17.7 Å². The van der Waals surface area contributed by atoms with Crippen LogP contribution in [0.25, 0.3) is 0 Å². The Labute approximate surface area is 120 Å². The number of carboxylic acids is 1. The summed E-state index contributed by atoms with van der Waals surface area (Å²) in [6, 6.07) is 3.33. The Morgan fingerprint density at radius 3 is 2.62 bits per heavy atom. The first-order chi connectivity index (χ1) is 9.88. The first kappa shape index (κ1) is 14.9. The van der Waals surface area contributed by atoms with E-state index in [4.69, 9.17) is 5.11 Å². The second-order valence-electron chi connectivity index (χ2n) is 4.81. The summed E-state index contributed by atoms with van der Waals surface area (Å²) in [5.74, 6) is -3.94. The van der Waals surface area contributed by atoms with Crippen molar-refractivity contribution in [3.8, 4) is 0 Å². The fraction of sp³-hybridized carbons (Fsp3) is 0.200. The Morgan fingerprint density at radius 1 is 1.29 bits per heavy atom. The predicted octanol–water partition coefficient (Wildman–Crippen LogP) is 2.26. The normalized spacial score (nSPS) is 15.4. The molecule has 0 spiro atoms. The largest absolute Gasteiger partial charge is 0.477 e. The van der Waals surface area contributed by atoms with Crippen LogP contribution in [0.5, 0.6) is 0 Å². The van der Waals surface area contributed by atoms with Crippen LogP contribution in [0.2, 0.25) is 0 Å². The molecule has 1 aliphatic heterocycles. The number of hydrogen-bond donors (Lipinski definition) is 1. The van der Waals surface area contributed by atoms with Gasteiger partial charge < -0.3 is 10.0 Å². The van der Waals surface area contributed by atoms with Gasteiger partial charge in [-0.3, -0.25) is 4.79 Å². The van der Waals surface area contributed by atoms with Crippen molar-refractivity contribution in [3.63, 3.8) is 0 Å². The molecular weight excluding hydrogens is 280 g/mol. The maximum Gasteiger partial charge on any atom is 0.341 e. The average molecular weight is 293 g/mol. The van der Waals surface area contributed by atoms with Gasteiger partial charge in [-0.05, 0) is 30.7 Å². The van der Waals surface area contributed by atoms with E-state index in [1.165, 1.54) is 17.0 Å². The van der Waals surface area contributed by atoms with Gasteiger partial charge in [0, 0.05) is 13.1 Å². The van der Waals surface area contributed by atoms with Gasteiger partial charge in [0.1, 0.15) is 5.57 Å². The van der Waals surface area contributed by atoms with Crippen molar-refractivity contribution >= 4 is 11.9 Å². The van der Waals surface area contributed by atoms with Gasteiger partial charge in [0.15, 0.2) is 11.6 Å². The smallest absolute Gasteiger partial charge is 0.341 e. The third-order valence-electron chi connectivity index (χ3n) is 3.08. The Bertz CT molecular complexity index is 665. The number of amides is 1. The molecule has 1 aliphatic rings. The van der Waals surface area contributed by atoms with E-state index >= 15 is 0 Å². The molecule has 0 aromatic heterocycles. The molecule has 0 bridgehead atoms. The minimum absolute atomic E-state index is 0.00579. The first-order valence-electron chi connectivity index (χ1n) is 6.22. The quantitative estimate of drug-likeness (QED) is 0.870. The molecule has 1 amide bonds. The summed E-state index contributed by atoms with van der Waals surface area (Å²) in [5.41, 5.74) is 0.832. The fourth-order valence-electron chi connectivity index (χ4n) is 2.04. The summed E-state index contributed by atoms with van der Waals surface area (Å²) < 4.78 is 26.1. The predicted molar refractivity (Wildman–Crippen MR) is 71.3 cm³/mol. The van der Waals surface area contributed by atoms with Crippen molar-refractivity contribution in [3.05, 3.63) is 58.7 Å². The minimum Gasteiger partial charge on any atom is -0.477 e. The van der Waals surface area contributed by atoms with Crippen LogP contribution >= 0.6 is 0 Å². The molecule has 0 fully saturated rings. The summed E-state index contributed by atoms with van der Waals surface area (Å²) in [6.45, 7) is 1.99. The van der Waals surface area contributed by atoms with Gasteiger partial charge in [0.2, 0.25) is 0 Å². The van der Waals surface area contributed by atoms with Crippen LogP contribution in [0.15, 0.2) is 41.5 Å². The molecule has 0 unspecified atom stereocenters.